The fourth-order valence-corrected chi connectivity index (χ4v) is 3.79. The molecule has 1 atom stereocenters. The number of thiazole rings is 1. The molecule has 1 N–H and O–H groups in total. The summed E-state index contributed by atoms with van der Waals surface area (Å²) in [4.78, 5) is 6.18. The van der Waals surface area contributed by atoms with Gasteiger partial charge in [0.1, 0.15) is 5.01 Å². The third kappa shape index (κ3) is 2.46. The van der Waals surface area contributed by atoms with E-state index in [1.165, 1.54) is 28.4 Å². The molecule has 0 bridgehead atoms. The average molecular weight is 266 g/mol. The van der Waals surface area contributed by atoms with Gasteiger partial charge in [0.25, 0.3) is 0 Å². The van der Waals surface area contributed by atoms with E-state index in [2.05, 4.69) is 19.2 Å². The molecule has 3 rings (SSSR count). The Bertz CT molecular complexity index is 398. The van der Waals surface area contributed by atoms with Crippen molar-refractivity contribution in [1.29, 1.82) is 0 Å². The third-order valence-electron chi connectivity index (χ3n) is 4.06. The molecule has 1 saturated carbocycles. The van der Waals surface area contributed by atoms with Gasteiger partial charge in [-0.1, -0.05) is 0 Å². The molecule has 2 aliphatic rings. The molecule has 0 radical (unpaired) electrons. The van der Waals surface area contributed by atoms with E-state index in [9.17, 15) is 0 Å². The van der Waals surface area contributed by atoms with Gasteiger partial charge < -0.3 is 10.1 Å². The molecule has 0 aromatic carbocycles. The van der Waals surface area contributed by atoms with Gasteiger partial charge >= 0.3 is 0 Å². The standard InChI is InChI=1S/C14H22N2OS/c1-10-11(2)18-13(15-10)14(16-12-4-5-12)6-3-8-17-9-7-14/h12,16H,3-9H2,1-2H3. The molecule has 1 saturated heterocycles. The van der Waals surface area contributed by atoms with Crippen LogP contribution in [-0.4, -0.2) is 24.2 Å². The van der Waals surface area contributed by atoms with Gasteiger partial charge in [0.2, 0.25) is 0 Å². The first-order valence-corrected chi connectivity index (χ1v) is 7.81. The summed E-state index contributed by atoms with van der Waals surface area (Å²) in [5.41, 5.74) is 1.28. The van der Waals surface area contributed by atoms with Crippen molar-refractivity contribution in [2.24, 2.45) is 0 Å². The van der Waals surface area contributed by atoms with Crippen molar-refractivity contribution in [3.63, 3.8) is 0 Å². The first-order valence-electron chi connectivity index (χ1n) is 7.00. The number of aryl methyl sites for hydroxylation is 2. The van der Waals surface area contributed by atoms with E-state index in [0.29, 0.717) is 6.04 Å². The molecule has 2 fully saturated rings. The van der Waals surface area contributed by atoms with E-state index < -0.39 is 0 Å². The first-order chi connectivity index (χ1) is 8.70. The Morgan fingerprint density at radius 1 is 1.28 bits per heavy atom. The summed E-state index contributed by atoms with van der Waals surface area (Å²) >= 11 is 1.87. The van der Waals surface area contributed by atoms with Crippen molar-refractivity contribution >= 4 is 11.3 Å². The lowest BCUT2D eigenvalue weighted by atomic mass is 9.91. The van der Waals surface area contributed by atoms with Crippen LogP contribution in [0.25, 0.3) is 0 Å². The summed E-state index contributed by atoms with van der Waals surface area (Å²) < 4.78 is 5.65. The summed E-state index contributed by atoms with van der Waals surface area (Å²) in [5.74, 6) is 0. The lowest BCUT2D eigenvalue weighted by Gasteiger charge is -2.31. The summed E-state index contributed by atoms with van der Waals surface area (Å²) in [6.45, 7) is 6.05. The molecule has 1 aromatic heterocycles. The van der Waals surface area contributed by atoms with Crippen LogP contribution in [0, 0.1) is 13.8 Å². The second-order valence-corrected chi connectivity index (χ2v) is 6.83. The highest BCUT2D eigenvalue weighted by Crippen LogP contribution is 2.38. The van der Waals surface area contributed by atoms with E-state index in [-0.39, 0.29) is 5.54 Å². The van der Waals surface area contributed by atoms with Gasteiger partial charge in [-0.2, -0.15) is 0 Å². The molecule has 1 aromatic rings. The van der Waals surface area contributed by atoms with Crippen LogP contribution in [0.4, 0.5) is 0 Å². The number of hydrogen-bond acceptors (Lipinski definition) is 4. The first kappa shape index (κ1) is 12.6. The van der Waals surface area contributed by atoms with E-state index in [1.807, 2.05) is 11.3 Å². The summed E-state index contributed by atoms with van der Waals surface area (Å²) in [5, 5.41) is 5.16. The van der Waals surface area contributed by atoms with Gasteiger partial charge in [0.05, 0.1) is 11.2 Å². The predicted molar refractivity (Wildman–Crippen MR) is 74.1 cm³/mol. The fourth-order valence-electron chi connectivity index (χ4n) is 2.67. The maximum absolute atomic E-state index is 5.65. The normalized spacial score (nSPS) is 29.2. The zero-order valence-electron chi connectivity index (χ0n) is 11.3. The molecular formula is C14H22N2OS. The van der Waals surface area contributed by atoms with E-state index in [4.69, 9.17) is 9.72 Å². The maximum atomic E-state index is 5.65. The van der Waals surface area contributed by atoms with Crippen molar-refractivity contribution in [3.8, 4) is 0 Å². The second-order valence-electron chi connectivity index (χ2n) is 5.63. The zero-order valence-corrected chi connectivity index (χ0v) is 12.1. The molecule has 18 heavy (non-hydrogen) atoms. The van der Waals surface area contributed by atoms with Crippen LogP contribution in [0.5, 0.6) is 0 Å². The summed E-state index contributed by atoms with van der Waals surface area (Å²) in [6.07, 6.45) is 6.01. The van der Waals surface area contributed by atoms with Gasteiger partial charge in [0, 0.05) is 24.1 Å². The highest BCUT2D eigenvalue weighted by Gasteiger charge is 2.40. The Morgan fingerprint density at radius 2 is 2.11 bits per heavy atom. The van der Waals surface area contributed by atoms with Crippen molar-refractivity contribution in [2.75, 3.05) is 13.2 Å². The molecule has 1 aliphatic carbocycles. The Hall–Kier alpha value is -0.450. The van der Waals surface area contributed by atoms with Crippen LogP contribution >= 0.6 is 11.3 Å². The van der Waals surface area contributed by atoms with Crippen LogP contribution in [0.2, 0.25) is 0 Å². The number of nitrogens with one attached hydrogen (secondary N) is 1. The van der Waals surface area contributed by atoms with Crippen LogP contribution in [-0.2, 0) is 10.3 Å². The van der Waals surface area contributed by atoms with E-state index >= 15 is 0 Å². The van der Waals surface area contributed by atoms with Crippen molar-refractivity contribution in [1.82, 2.24) is 10.3 Å². The SMILES string of the molecule is Cc1nc(C2(NC3CC3)CCCOCC2)sc1C. The number of aromatic nitrogens is 1. The van der Waals surface area contributed by atoms with Gasteiger partial charge in [-0.3, -0.25) is 0 Å². The molecule has 0 spiro atoms. The highest BCUT2D eigenvalue weighted by atomic mass is 32.1. The second kappa shape index (κ2) is 4.91. The Balaban J connectivity index is 1.91. The number of rotatable bonds is 3. The lowest BCUT2D eigenvalue weighted by Crippen LogP contribution is -2.44. The topological polar surface area (TPSA) is 34.2 Å². The molecule has 0 amide bonds. The maximum Gasteiger partial charge on any atom is 0.113 e. The molecule has 2 heterocycles. The highest BCUT2D eigenvalue weighted by molar-refractivity contribution is 7.11. The Morgan fingerprint density at radius 3 is 2.78 bits per heavy atom. The monoisotopic (exact) mass is 266 g/mol. The largest absolute Gasteiger partial charge is 0.381 e. The van der Waals surface area contributed by atoms with Gasteiger partial charge in [0.15, 0.2) is 0 Å². The third-order valence-corrected chi connectivity index (χ3v) is 5.34. The molecule has 4 heteroatoms. The van der Waals surface area contributed by atoms with Crippen molar-refractivity contribution in [2.45, 2.75) is 57.5 Å². The molecule has 1 unspecified atom stereocenters. The van der Waals surface area contributed by atoms with Crippen molar-refractivity contribution in [3.05, 3.63) is 15.6 Å². The lowest BCUT2D eigenvalue weighted by molar-refractivity contribution is 0.136. The number of hydrogen-bond donors (Lipinski definition) is 1. The number of nitrogens with zero attached hydrogens (tertiary/aromatic N) is 1. The Labute approximate surface area is 113 Å². The smallest absolute Gasteiger partial charge is 0.113 e. The minimum absolute atomic E-state index is 0.0847. The molecule has 100 valence electrons. The van der Waals surface area contributed by atoms with Crippen LogP contribution in [0.15, 0.2) is 0 Å². The van der Waals surface area contributed by atoms with Gasteiger partial charge in [-0.05, 0) is 46.0 Å². The predicted octanol–water partition coefficient (Wildman–Crippen LogP) is 2.91. The minimum atomic E-state index is 0.0847. The summed E-state index contributed by atoms with van der Waals surface area (Å²) in [6, 6.07) is 0.715. The molecule has 3 nitrogen and oxygen atoms in total. The van der Waals surface area contributed by atoms with Crippen molar-refractivity contribution < 1.29 is 4.74 Å². The van der Waals surface area contributed by atoms with Gasteiger partial charge in [-0.25, -0.2) is 4.98 Å². The van der Waals surface area contributed by atoms with Gasteiger partial charge in [-0.15, -0.1) is 11.3 Å². The quantitative estimate of drug-likeness (QED) is 0.913. The van der Waals surface area contributed by atoms with Crippen LogP contribution in [0.3, 0.4) is 0 Å². The fraction of sp³-hybridized carbons (Fsp3) is 0.786. The van der Waals surface area contributed by atoms with E-state index in [0.717, 1.165) is 32.5 Å². The zero-order chi connectivity index (χ0) is 12.6. The minimum Gasteiger partial charge on any atom is -0.381 e. The van der Waals surface area contributed by atoms with E-state index in [1.54, 1.807) is 0 Å². The number of ether oxygens (including phenoxy) is 1. The summed E-state index contributed by atoms with van der Waals surface area (Å²) in [7, 11) is 0. The molecular weight excluding hydrogens is 244 g/mol. The Kier molecular flexibility index (Phi) is 3.43. The average Bonchev–Trinajstić information content (AvgIpc) is 3.12. The van der Waals surface area contributed by atoms with Crippen LogP contribution < -0.4 is 5.32 Å². The molecule has 1 aliphatic heterocycles. The van der Waals surface area contributed by atoms with Crippen LogP contribution in [0.1, 0.15) is 47.7 Å².